The lowest BCUT2D eigenvalue weighted by Gasteiger charge is -2.03. The van der Waals surface area contributed by atoms with Crippen molar-refractivity contribution in [1.82, 2.24) is 24.7 Å². The minimum absolute atomic E-state index is 0.408. The van der Waals surface area contributed by atoms with E-state index in [2.05, 4.69) is 20.4 Å². The van der Waals surface area contributed by atoms with Crippen LogP contribution in [0.25, 0.3) is 17.2 Å². The van der Waals surface area contributed by atoms with E-state index in [0.29, 0.717) is 10.7 Å². The molecular formula is C20H18N6S. The Morgan fingerprint density at radius 1 is 1.04 bits per heavy atom. The Kier molecular flexibility index (Phi) is 4.52. The fraction of sp³-hybridized carbons (Fsp3) is 0.100. The average molecular weight is 374 g/mol. The first-order chi connectivity index (χ1) is 13.1. The van der Waals surface area contributed by atoms with Crippen molar-refractivity contribution in [2.75, 3.05) is 0 Å². The van der Waals surface area contributed by atoms with Gasteiger partial charge < -0.3 is 0 Å². The number of nitrogens with one attached hydrogen (secondary N) is 1. The minimum Gasteiger partial charge on any atom is -0.248 e. The maximum Gasteiger partial charge on any atom is 0.271 e. The molecule has 0 bridgehead atoms. The van der Waals surface area contributed by atoms with Crippen LogP contribution in [-0.2, 0) is 0 Å². The van der Waals surface area contributed by atoms with Gasteiger partial charge in [-0.1, -0.05) is 54.6 Å². The van der Waals surface area contributed by atoms with Crippen molar-refractivity contribution >= 4 is 18.4 Å². The molecule has 4 aromatic rings. The summed E-state index contributed by atoms with van der Waals surface area (Å²) in [5.74, 6) is 0.518. The Labute approximate surface area is 161 Å². The normalized spacial score (nSPS) is 11.3. The summed E-state index contributed by atoms with van der Waals surface area (Å²) in [6, 6.07) is 20.1. The fourth-order valence-electron chi connectivity index (χ4n) is 2.80. The summed E-state index contributed by atoms with van der Waals surface area (Å²) in [4.78, 5) is 0. The lowest BCUT2D eigenvalue weighted by molar-refractivity contribution is 0.720. The molecule has 0 radical (unpaired) electrons. The number of aromatic nitrogens is 5. The topological polar surface area (TPSA) is 63.8 Å². The van der Waals surface area contributed by atoms with Gasteiger partial charge in [0.1, 0.15) is 0 Å². The predicted octanol–water partition coefficient (Wildman–Crippen LogP) is 4.29. The maximum absolute atomic E-state index is 5.35. The molecule has 0 unspecified atom stereocenters. The number of hydrogen-bond acceptors (Lipinski definition) is 4. The van der Waals surface area contributed by atoms with Crippen LogP contribution in [0.4, 0.5) is 0 Å². The molecule has 2 aromatic carbocycles. The lowest BCUT2D eigenvalue weighted by Crippen LogP contribution is -2.07. The summed E-state index contributed by atoms with van der Waals surface area (Å²) in [5.41, 5.74) is 5.02. The molecule has 0 atom stereocenters. The minimum atomic E-state index is 0.408. The first-order valence-electron chi connectivity index (χ1n) is 8.53. The molecule has 0 spiro atoms. The Hall–Kier alpha value is -3.32. The molecule has 2 heterocycles. The van der Waals surface area contributed by atoms with Crippen LogP contribution in [-0.4, -0.2) is 30.9 Å². The van der Waals surface area contributed by atoms with Crippen LogP contribution in [0.3, 0.4) is 0 Å². The first-order valence-corrected chi connectivity index (χ1v) is 8.94. The van der Waals surface area contributed by atoms with Gasteiger partial charge in [-0.25, -0.2) is 9.78 Å². The highest BCUT2D eigenvalue weighted by Crippen LogP contribution is 2.20. The number of benzene rings is 2. The molecule has 6 nitrogen and oxygen atoms in total. The predicted molar refractivity (Wildman–Crippen MR) is 109 cm³/mol. The van der Waals surface area contributed by atoms with E-state index in [4.69, 9.17) is 12.2 Å². The van der Waals surface area contributed by atoms with Gasteiger partial charge in [0.2, 0.25) is 4.77 Å². The third-order valence-corrected chi connectivity index (χ3v) is 4.54. The smallest absolute Gasteiger partial charge is 0.248 e. The Morgan fingerprint density at radius 2 is 1.78 bits per heavy atom. The van der Waals surface area contributed by atoms with Crippen molar-refractivity contribution in [2.24, 2.45) is 5.10 Å². The van der Waals surface area contributed by atoms with Crippen molar-refractivity contribution in [2.45, 2.75) is 13.8 Å². The van der Waals surface area contributed by atoms with Gasteiger partial charge in [0.25, 0.3) is 5.95 Å². The van der Waals surface area contributed by atoms with Crippen molar-refractivity contribution in [3.8, 4) is 17.2 Å². The third-order valence-electron chi connectivity index (χ3n) is 4.28. The van der Waals surface area contributed by atoms with Gasteiger partial charge in [0.05, 0.1) is 11.9 Å². The van der Waals surface area contributed by atoms with Crippen LogP contribution in [0.2, 0.25) is 0 Å². The third kappa shape index (κ3) is 3.37. The summed E-state index contributed by atoms with van der Waals surface area (Å²) in [5, 5.41) is 16.3. The molecule has 0 aliphatic rings. The number of H-pyrrole nitrogens is 1. The molecule has 0 aliphatic carbocycles. The fourth-order valence-corrected chi connectivity index (χ4v) is 2.98. The van der Waals surface area contributed by atoms with Gasteiger partial charge >= 0.3 is 0 Å². The molecule has 0 saturated carbocycles. The molecule has 2 aromatic heterocycles. The maximum atomic E-state index is 5.35. The summed E-state index contributed by atoms with van der Waals surface area (Å²) in [7, 11) is 0. The van der Waals surface area contributed by atoms with Gasteiger partial charge in [-0.2, -0.15) is 14.9 Å². The van der Waals surface area contributed by atoms with E-state index in [1.54, 1.807) is 15.6 Å². The average Bonchev–Trinajstić information content (AvgIpc) is 3.24. The largest absolute Gasteiger partial charge is 0.271 e. The van der Waals surface area contributed by atoms with Gasteiger partial charge in [-0.15, -0.1) is 5.10 Å². The first kappa shape index (κ1) is 17.1. The number of aromatic amines is 1. The zero-order chi connectivity index (χ0) is 18.8. The number of nitrogens with zero attached hydrogens (tertiary/aromatic N) is 5. The number of rotatable bonds is 4. The van der Waals surface area contributed by atoms with E-state index in [-0.39, 0.29) is 0 Å². The number of aryl methyl sites for hydroxylation is 2. The van der Waals surface area contributed by atoms with Crippen molar-refractivity contribution < 1.29 is 0 Å². The quantitative estimate of drug-likeness (QED) is 0.428. The zero-order valence-corrected chi connectivity index (χ0v) is 15.8. The highest BCUT2D eigenvalue weighted by atomic mass is 32.1. The van der Waals surface area contributed by atoms with Crippen LogP contribution in [0.5, 0.6) is 0 Å². The van der Waals surface area contributed by atoms with E-state index in [1.165, 1.54) is 0 Å². The van der Waals surface area contributed by atoms with E-state index in [1.807, 2.05) is 74.5 Å². The van der Waals surface area contributed by atoms with Gasteiger partial charge in [-0.3, -0.25) is 0 Å². The Balaban J connectivity index is 1.76. The molecule has 27 heavy (non-hydrogen) atoms. The zero-order valence-electron chi connectivity index (χ0n) is 15.0. The SMILES string of the molecule is Cc1ccccc1/C=N/n1c(-n2nc(-c3ccccc3)cc2C)n[nH]c1=S. The van der Waals surface area contributed by atoms with Crippen LogP contribution < -0.4 is 0 Å². The van der Waals surface area contributed by atoms with Crippen LogP contribution in [0.1, 0.15) is 16.8 Å². The van der Waals surface area contributed by atoms with Crippen LogP contribution in [0, 0.1) is 18.6 Å². The van der Waals surface area contributed by atoms with Crippen molar-refractivity contribution in [1.29, 1.82) is 0 Å². The van der Waals surface area contributed by atoms with E-state index in [9.17, 15) is 0 Å². The van der Waals surface area contributed by atoms with Gasteiger partial charge in [0, 0.05) is 11.3 Å². The molecule has 0 fully saturated rings. The van der Waals surface area contributed by atoms with E-state index < -0.39 is 0 Å². The standard InChI is InChI=1S/C20H18N6S/c1-14-8-6-7-11-17(14)13-21-26-19(22-23-20(26)27)25-15(2)12-18(24-25)16-9-4-3-5-10-16/h3-13H,1-2H3,(H,23,27)/b21-13+. The Morgan fingerprint density at radius 3 is 2.56 bits per heavy atom. The molecular weight excluding hydrogens is 356 g/mol. The monoisotopic (exact) mass is 374 g/mol. The van der Waals surface area contributed by atoms with Crippen LogP contribution >= 0.6 is 12.2 Å². The summed E-state index contributed by atoms with van der Waals surface area (Å²) < 4.78 is 3.73. The highest BCUT2D eigenvalue weighted by Gasteiger charge is 2.14. The number of hydrogen-bond donors (Lipinski definition) is 1. The van der Waals surface area contributed by atoms with Crippen LogP contribution in [0.15, 0.2) is 65.8 Å². The molecule has 1 N–H and O–H groups in total. The van der Waals surface area contributed by atoms with E-state index >= 15 is 0 Å². The molecule has 7 heteroatoms. The van der Waals surface area contributed by atoms with E-state index in [0.717, 1.165) is 28.1 Å². The summed E-state index contributed by atoms with van der Waals surface area (Å²) in [6.07, 6.45) is 1.78. The molecule has 0 amide bonds. The summed E-state index contributed by atoms with van der Waals surface area (Å²) in [6.45, 7) is 4.02. The van der Waals surface area contributed by atoms with Crippen molar-refractivity contribution in [3.05, 3.63) is 82.3 Å². The molecule has 134 valence electrons. The van der Waals surface area contributed by atoms with Crippen molar-refractivity contribution in [3.63, 3.8) is 0 Å². The second kappa shape index (κ2) is 7.13. The highest BCUT2D eigenvalue weighted by molar-refractivity contribution is 7.71. The second-order valence-electron chi connectivity index (χ2n) is 6.19. The van der Waals surface area contributed by atoms with Gasteiger partial charge in [0.15, 0.2) is 0 Å². The molecule has 0 aliphatic heterocycles. The lowest BCUT2D eigenvalue weighted by atomic mass is 10.1. The second-order valence-corrected chi connectivity index (χ2v) is 6.58. The van der Waals surface area contributed by atoms with Gasteiger partial charge in [-0.05, 0) is 43.3 Å². The molecule has 0 saturated heterocycles. The molecule has 4 rings (SSSR count). The Bertz CT molecular complexity index is 1170. The summed E-state index contributed by atoms with van der Waals surface area (Å²) >= 11 is 5.35.